The van der Waals surface area contributed by atoms with Gasteiger partial charge < -0.3 is 4.90 Å². The molecule has 1 aliphatic rings. The first kappa shape index (κ1) is 18.8. The molecule has 134 valence electrons. The van der Waals surface area contributed by atoms with Crippen LogP contribution < -0.4 is 0 Å². The van der Waals surface area contributed by atoms with Gasteiger partial charge in [-0.2, -0.15) is 0 Å². The molecule has 8 heteroatoms. The molecular weight excluding hydrogens is 398 g/mol. The van der Waals surface area contributed by atoms with Gasteiger partial charge in [-0.3, -0.25) is 4.79 Å². The molecule has 25 heavy (non-hydrogen) atoms. The first-order valence-electron chi connectivity index (χ1n) is 7.83. The summed E-state index contributed by atoms with van der Waals surface area (Å²) in [6, 6.07) is 11.0. The minimum Gasteiger partial charge on any atom is -0.333 e. The molecule has 0 N–H and O–H groups in total. The highest BCUT2D eigenvalue weighted by atomic mass is 35.5. The zero-order chi connectivity index (χ0) is 17.9. The third-order valence-electron chi connectivity index (χ3n) is 4.05. The van der Waals surface area contributed by atoms with Crippen LogP contribution in [0.15, 0.2) is 46.7 Å². The average Bonchev–Trinajstić information content (AvgIpc) is 3.21. The standard InChI is InChI=1S/C17H18ClNO3S3/c18-13-3-5-15(6-4-13)24-11-17(20)19(10-16-2-1-8-23-16)14-7-9-25(21,22)12-14/h1-6,8,14H,7,9-12H2/t14-/m1/s1. The van der Waals surface area contributed by atoms with Crippen molar-refractivity contribution in [3.8, 4) is 0 Å². The molecule has 0 bridgehead atoms. The van der Waals surface area contributed by atoms with Gasteiger partial charge >= 0.3 is 0 Å². The van der Waals surface area contributed by atoms with Gasteiger partial charge in [-0.1, -0.05) is 17.7 Å². The fourth-order valence-electron chi connectivity index (χ4n) is 2.77. The molecule has 3 rings (SSSR count). The van der Waals surface area contributed by atoms with Crippen LogP contribution in [0.25, 0.3) is 0 Å². The van der Waals surface area contributed by atoms with E-state index in [2.05, 4.69) is 0 Å². The Kier molecular flexibility index (Phi) is 6.09. The highest BCUT2D eigenvalue weighted by molar-refractivity contribution is 8.00. The Morgan fingerprint density at radius 3 is 2.64 bits per heavy atom. The van der Waals surface area contributed by atoms with Crippen molar-refractivity contribution in [3.63, 3.8) is 0 Å². The summed E-state index contributed by atoms with van der Waals surface area (Å²) >= 11 is 8.90. The van der Waals surface area contributed by atoms with Crippen LogP contribution in [0.4, 0.5) is 0 Å². The second-order valence-electron chi connectivity index (χ2n) is 5.90. The Morgan fingerprint density at radius 2 is 2.04 bits per heavy atom. The number of benzene rings is 1. The number of halogens is 1. The molecule has 4 nitrogen and oxygen atoms in total. The van der Waals surface area contributed by atoms with Crippen molar-refractivity contribution in [1.82, 2.24) is 4.90 Å². The summed E-state index contributed by atoms with van der Waals surface area (Å²) in [4.78, 5) is 16.6. The number of amides is 1. The Labute approximate surface area is 161 Å². The number of nitrogens with zero attached hydrogens (tertiary/aromatic N) is 1. The van der Waals surface area contributed by atoms with E-state index in [1.54, 1.807) is 28.4 Å². The molecule has 1 amide bonds. The van der Waals surface area contributed by atoms with Gasteiger partial charge in [-0.15, -0.1) is 23.1 Å². The minimum atomic E-state index is -3.04. The first-order chi connectivity index (χ1) is 11.9. The number of thioether (sulfide) groups is 1. The highest BCUT2D eigenvalue weighted by Crippen LogP contribution is 2.25. The van der Waals surface area contributed by atoms with Crippen molar-refractivity contribution in [1.29, 1.82) is 0 Å². The van der Waals surface area contributed by atoms with Crippen LogP contribution in [0, 0.1) is 0 Å². The predicted molar refractivity (Wildman–Crippen MR) is 104 cm³/mol. The van der Waals surface area contributed by atoms with E-state index in [-0.39, 0.29) is 29.2 Å². The fraction of sp³-hybridized carbons (Fsp3) is 0.353. The number of hydrogen-bond donors (Lipinski definition) is 0. The summed E-state index contributed by atoms with van der Waals surface area (Å²) in [5.41, 5.74) is 0. The summed E-state index contributed by atoms with van der Waals surface area (Å²) in [5.74, 6) is 0.477. The number of rotatable bonds is 6. The second-order valence-corrected chi connectivity index (χ2v) is 10.6. The Balaban J connectivity index is 1.69. The van der Waals surface area contributed by atoms with Crippen molar-refractivity contribution < 1.29 is 13.2 Å². The van der Waals surface area contributed by atoms with E-state index in [1.807, 2.05) is 29.6 Å². The summed E-state index contributed by atoms with van der Waals surface area (Å²) < 4.78 is 23.7. The molecule has 0 aliphatic carbocycles. The molecule has 1 aromatic carbocycles. The first-order valence-corrected chi connectivity index (χ1v) is 11.9. The molecule has 2 heterocycles. The third-order valence-corrected chi connectivity index (χ3v) is 7.91. The summed E-state index contributed by atoms with van der Waals surface area (Å²) in [6.07, 6.45) is 0.519. The number of carbonyl (C=O) groups is 1. The highest BCUT2D eigenvalue weighted by Gasteiger charge is 2.34. The van der Waals surface area contributed by atoms with Gasteiger partial charge in [-0.25, -0.2) is 8.42 Å². The zero-order valence-corrected chi connectivity index (χ0v) is 16.6. The van der Waals surface area contributed by atoms with Gasteiger partial charge in [0.1, 0.15) is 0 Å². The largest absolute Gasteiger partial charge is 0.333 e. The maximum Gasteiger partial charge on any atom is 0.233 e. The van der Waals surface area contributed by atoms with Crippen LogP contribution in [0.2, 0.25) is 5.02 Å². The van der Waals surface area contributed by atoms with E-state index < -0.39 is 9.84 Å². The van der Waals surface area contributed by atoms with Gasteiger partial charge in [0.15, 0.2) is 9.84 Å². The molecule has 1 fully saturated rings. The van der Waals surface area contributed by atoms with Crippen molar-refractivity contribution in [3.05, 3.63) is 51.7 Å². The van der Waals surface area contributed by atoms with Crippen LogP contribution >= 0.6 is 34.7 Å². The van der Waals surface area contributed by atoms with Crippen LogP contribution in [0.3, 0.4) is 0 Å². The molecule has 1 atom stereocenters. The van der Waals surface area contributed by atoms with E-state index in [9.17, 15) is 13.2 Å². The minimum absolute atomic E-state index is 0.0320. The summed E-state index contributed by atoms with van der Waals surface area (Å²) in [7, 11) is -3.04. The van der Waals surface area contributed by atoms with Crippen molar-refractivity contribution in [2.24, 2.45) is 0 Å². The Hall–Kier alpha value is -1.02. The number of thiophene rings is 1. The van der Waals surface area contributed by atoms with E-state index in [1.165, 1.54) is 11.8 Å². The lowest BCUT2D eigenvalue weighted by Gasteiger charge is -2.28. The van der Waals surface area contributed by atoms with Crippen molar-refractivity contribution in [2.75, 3.05) is 17.3 Å². The lowest BCUT2D eigenvalue weighted by molar-refractivity contribution is -0.130. The molecule has 1 saturated heterocycles. The monoisotopic (exact) mass is 415 g/mol. The number of hydrogen-bond acceptors (Lipinski definition) is 5. The molecule has 1 aliphatic heterocycles. The third kappa shape index (κ3) is 5.23. The normalized spacial score (nSPS) is 19.0. The maximum absolute atomic E-state index is 12.8. The van der Waals surface area contributed by atoms with Gasteiger partial charge in [0.2, 0.25) is 5.91 Å². The lowest BCUT2D eigenvalue weighted by atomic mass is 10.2. The number of carbonyl (C=O) groups excluding carboxylic acids is 1. The Bertz CT molecular complexity index is 819. The van der Waals surface area contributed by atoms with Crippen LogP contribution in [-0.4, -0.2) is 42.5 Å². The van der Waals surface area contributed by atoms with E-state index >= 15 is 0 Å². The molecule has 0 spiro atoms. The Morgan fingerprint density at radius 1 is 1.28 bits per heavy atom. The maximum atomic E-state index is 12.8. The summed E-state index contributed by atoms with van der Waals surface area (Å²) in [6.45, 7) is 0.470. The summed E-state index contributed by atoms with van der Waals surface area (Å²) in [5, 5.41) is 2.62. The van der Waals surface area contributed by atoms with Crippen LogP contribution in [0.1, 0.15) is 11.3 Å². The molecule has 0 unspecified atom stereocenters. The predicted octanol–water partition coefficient (Wildman–Crippen LogP) is 3.71. The van der Waals surface area contributed by atoms with Crippen molar-refractivity contribution >= 4 is 50.4 Å². The van der Waals surface area contributed by atoms with E-state index in [0.29, 0.717) is 18.0 Å². The second kappa shape index (κ2) is 8.12. The molecule has 2 aromatic rings. The van der Waals surface area contributed by atoms with Gasteiger partial charge in [0.25, 0.3) is 0 Å². The molecular formula is C17H18ClNO3S3. The SMILES string of the molecule is O=C(CSc1ccc(Cl)cc1)N(Cc1cccs1)[C@@H]1CCS(=O)(=O)C1. The fourth-order valence-corrected chi connectivity index (χ4v) is 6.12. The van der Waals surface area contributed by atoms with Crippen LogP contribution in [0.5, 0.6) is 0 Å². The van der Waals surface area contributed by atoms with E-state index in [0.717, 1.165) is 9.77 Å². The van der Waals surface area contributed by atoms with Crippen LogP contribution in [-0.2, 0) is 21.2 Å². The van der Waals surface area contributed by atoms with Gasteiger partial charge in [0, 0.05) is 20.8 Å². The molecule has 0 saturated carbocycles. The van der Waals surface area contributed by atoms with Gasteiger partial charge in [-0.05, 0) is 42.1 Å². The van der Waals surface area contributed by atoms with E-state index in [4.69, 9.17) is 11.6 Å². The smallest absolute Gasteiger partial charge is 0.233 e. The lowest BCUT2D eigenvalue weighted by Crippen LogP contribution is -2.41. The average molecular weight is 416 g/mol. The zero-order valence-electron chi connectivity index (χ0n) is 13.4. The number of sulfone groups is 1. The molecule has 1 aromatic heterocycles. The van der Waals surface area contributed by atoms with Crippen molar-refractivity contribution in [2.45, 2.75) is 23.9 Å². The molecule has 0 radical (unpaired) electrons. The topological polar surface area (TPSA) is 54.5 Å². The quantitative estimate of drug-likeness (QED) is 0.675. The van der Waals surface area contributed by atoms with Gasteiger partial charge in [0.05, 0.1) is 23.8 Å².